The van der Waals surface area contributed by atoms with Crippen LogP contribution in [0.2, 0.25) is 10.0 Å². The van der Waals surface area contributed by atoms with Crippen LogP contribution in [0, 0.1) is 0 Å². The first-order chi connectivity index (χ1) is 14.1. The smallest absolute Gasteiger partial charge is 0.416 e. The Morgan fingerprint density at radius 3 is 2.52 bits per heavy atom. The lowest BCUT2D eigenvalue weighted by Gasteiger charge is -2.34. The number of benzene rings is 2. The average Bonchev–Trinajstić information content (AvgIpc) is 2.69. The fourth-order valence-corrected chi connectivity index (χ4v) is 3.65. The molecular weight excluding hydrogens is 482 g/mol. The predicted molar refractivity (Wildman–Crippen MR) is 113 cm³/mol. The summed E-state index contributed by atoms with van der Waals surface area (Å²) in [6.45, 7) is 1.06. The van der Waals surface area contributed by atoms with E-state index in [0.717, 1.165) is 6.07 Å². The molecule has 0 bridgehead atoms. The number of nitrogens with zero attached hydrogens (tertiary/aromatic N) is 1. The van der Waals surface area contributed by atoms with Crippen LogP contribution in [0.4, 0.5) is 13.2 Å². The first kappa shape index (κ1) is 25.5. The van der Waals surface area contributed by atoms with E-state index in [0.29, 0.717) is 6.54 Å². The molecule has 1 N–H and O–H groups in total. The molecule has 1 unspecified atom stereocenters. The molecule has 0 aromatic heterocycles. The molecule has 0 radical (unpaired) electrons. The minimum Gasteiger partial charge on any atom is -0.481 e. The number of aliphatic carboxylic acids is 1. The maximum atomic E-state index is 13.8. The average molecular weight is 501 g/mol. The number of rotatable bonds is 6. The molecule has 2 aromatic carbocycles. The zero-order valence-electron chi connectivity index (χ0n) is 16.0. The molecule has 0 saturated carbocycles. The molecule has 0 aliphatic carbocycles. The first-order valence-corrected chi connectivity index (χ1v) is 9.79. The molecule has 1 aliphatic rings. The van der Waals surface area contributed by atoms with Gasteiger partial charge in [-0.1, -0.05) is 35.3 Å². The second kappa shape index (κ2) is 10.7. The van der Waals surface area contributed by atoms with Crippen molar-refractivity contribution in [1.82, 2.24) is 4.90 Å². The van der Waals surface area contributed by atoms with Gasteiger partial charge in [-0.05, 0) is 29.8 Å². The molecule has 3 rings (SSSR count). The minimum atomic E-state index is -4.65. The van der Waals surface area contributed by atoms with Gasteiger partial charge in [0, 0.05) is 19.6 Å². The molecule has 170 valence electrons. The highest BCUT2D eigenvalue weighted by molar-refractivity contribution is 6.37. The van der Waals surface area contributed by atoms with Crippen LogP contribution in [-0.4, -0.2) is 42.2 Å². The summed E-state index contributed by atoms with van der Waals surface area (Å²) < 4.78 is 52.4. The van der Waals surface area contributed by atoms with Gasteiger partial charge in [-0.15, -0.1) is 12.4 Å². The van der Waals surface area contributed by atoms with Gasteiger partial charge in [-0.2, -0.15) is 13.2 Å². The monoisotopic (exact) mass is 499 g/mol. The van der Waals surface area contributed by atoms with Crippen molar-refractivity contribution in [3.05, 3.63) is 57.6 Å². The second-order valence-electron chi connectivity index (χ2n) is 6.70. The number of halogens is 6. The number of alkyl halides is 3. The van der Waals surface area contributed by atoms with Crippen LogP contribution in [0.25, 0.3) is 0 Å². The van der Waals surface area contributed by atoms with E-state index in [1.165, 1.54) is 24.3 Å². The molecular formula is C20H19Cl3F3NO4. The summed E-state index contributed by atoms with van der Waals surface area (Å²) in [4.78, 5) is 12.5. The SMILES string of the molecule is Cl.O=C(O)CCN1CCOC(c2ccc(Oc3c(Cl)cccc3Cl)cc2C(F)(F)F)C1. The standard InChI is InChI=1S/C20H18Cl2F3NO4.ClH/c21-15-2-1-3-16(22)19(15)30-12-4-5-13(14(10-12)20(23,24)25)17-11-26(8-9-29-17)7-6-18(27)28;/h1-5,10,17H,6-9,11H2,(H,27,28);1H. The van der Waals surface area contributed by atoms with Crippen molar-refractivity contribution in [3.8, 4) is 11.5 Å². The van der Waals surface area contributed by atoms with Crippen molar-refractivity contribution < 1.29 is 32.5 Å². The quantitative estimate of drug-likeness (QED) is 0.521. The minimum absolute atomic E-state index is 0. The van der Waals surface area contributed by atoms with E-state index in [1.807, 2.05) is 0 Å². The van der Waals surface area contributed by atoms with Crippen molar-refractivity contribution in [2.45, 2.75) is 18.7 Å². The van der Waals surface area contributed by atoms with Crippen LogP contribution >= 0.6 is 35.6 Å². The molecule has 0 spiro atoms. The Morgan fingerprint density at radius 2 is 1.90 bits per heavy atom. The Bertz CT molecular complexity index is 907. The maximum absolute atomic E-state index is 13.8. The number of carbonyl (C=O) groups is 1. The highest BCUT2D eigenvalue weighted by Gasteiger charge is 2.37. The van der Waals surface area contributed by atoms with Crippen LogP contribution in [0.5, 0.6) is 11.5 Å². The van der Waals surface area contributed by atoms with Crippen LogP contribution in [0.3, 0.4) is 0 Å². The van der Waals surface area contributed by atoms with Gasteiger partial charge in [0.1, 0.15) is 5.75 Å². The summed E-state index contributed by atoms with van der Waals surface area (Å²) in [5.74, 6) is -0.969. The van der Waals surface area contributed by atoms with Crippen LogP contribution in [-0.2, 0) is 15.7 Å². The molecule has 1 aliphatic heterocycles. The van der Waals surface area contributed by atoms with E-state index >= 15 is 0 Å². The summed E-state index contributed by atoms with van der Waals surface area (Å²) in [5, 5.41) is 9.17. The highest BCUT2D eigenvalue weighted by Crippen LogP contribution is 2.41. The predicted octanol–water partition coefficient (Wildman–Crippen LogP) is 6.07. The molecule has 11 heteroatoms. The molecule has 1 fully saturated rings. The van der Waals surface area contributed by atoms with Crippen molar-refractivity contribution in [2.24, 2.45) is 0 Å². The third-order valence-electron chi connectivity index (χ3n) is 4.61. The maximum Gasteiger partial charge on any atom is 0.416 e. The largest absolute Gasteiger partial charge is 0.481 e. The molecule has 1 saturated heterocycles. The van der Waals surface area contributed by atoms with Crippen LogP contribution in [0.1, 0.15) is 23.7 Å². The Balaban J connectivity index is 0.00000341. The molecule has 2 aromatic rings. The van der Waals surface area contributed by atoms with Gasteiger partial charge in [0.05, 0.1) is 34.7 Å². The summed E-state index contributed by atoms with van der Waals surface area (Å²) in [7, 11) is 0. The number of hydrogen-bond donors (Lipinski definition) is 1. The molecule has 1 heterocycles. The Labute approximate surface area is 193 Å². The van der Waals surface area contributed by atoms with Gasteiger partial charge in [-0.25, -0.2) is 0 Å². The van der Waals surface area contributed by atoms with E-state index in [1.54, 1.807) is 11.0 Å². The fourth-order valence-electron chi connectivity index (χ4n) is 3.17. The van der Waals surface area contributed by atoms with Gasteiger partial charge < -0.3 is 14.6 Å². The zero-order chi connectivity index (χ0) is 21.9. The van der Waals surface area contributed by atoms with E-state index in [4.69, 9.17) is 37.8 Å². The topological polar surface area (TPSA) is 59.0 Å². The van der Waals surface area contributed by atoms with Crippen molar-refractivity contribution >= 4 is 41.6 Å². The lowest BCUT2D eigenvalue weighted by molar-refractivity contribution is -0.140. The van der Waals surface area contributed by atoms with Gasteiger partial charge in [-0.3, -0.25) is 9.69 Å². The number of hydrogen-bond acceptors (Lipinski definition) is 4. The number of morpholine rings is 1. The summed E-state index contributed by atoms with van der Waals surface area (Å²) in [6, 6.07) is 8.21. The Kier molecular flexibility index (Phi) is 8.85. The highest BCUT2D eigenvalue weighted by atomic mass is 35.5. The number of carboxylic acid groups (broad SMARTS) is 1. The van der Waals surface area contributed by atoms with Gasteiger partial charge in [0.25, 0.3) is 0 Å². The Hall–Kier alpha value is -1.71. The van der Waals surface area contributed by atoms with Crippen molar-refractivity contribution in [3.63, 3.8) is 0 Å². The number of ether oxygens (including phenoxy) is 2. The van der Waals surface area contributed by atoms with Crippen molar-refractivity contribution in [2.75, 3.05) is 26.2 Å². The lowest BCUT2D eigenvalue weighted by Crippen LogP contribution is -2.40. The summed E-state index contributed by atoms with van der Waals surface area (Å²) >= 11 is 12.1. The van der Waals surface area contributed by atoms with Crippen molar-refractivity contribution in [1.29, 1.82) is 0 Å². The molecule has 31 heavy (non-hydrogen) atoms. The van der Waals surface area contributed by atoms with Crippen LogP contribution < -0.4 is 4.74 Å². The normalized spacial score (nSPS) is 17.1. The fraction of sp³-hybridized carbons (Fsp3) is 0.350. The van der Waals surface area contributed by atoms with E-state index in [2.05, 4.69) is 0 Å². The lowest BCUT2D eigenvalue weighted by atomic mass is 10.00. The second-order valence-corrected chi connectivity index (χ2v) is 7.52. The molecule has 1 atom stereocenters. The summed E-state index contributed by atoms with van der Waals surface area (Å²) in [5.41, 5.74) is -0.937. The van der Waals surface area contributed by atoms with Gasteiger partial charge >= 0.3 is 12.1 Å². The number of carboxylic acids is 1. The first-order valence-electron chi connectivity index (χ1n) is 9.04. The van der Waals surface area contributed by atoms with Gasteiger partial charge in [0.15, 0.2) is 5.75 Å². The van der Waals surface area contributed by atoms with E-state index in [9.17, 15) is 18.0 Å². The van der Waals surface area contributed by atoms with E-state index < -0.39 is 23.8 Å². The third-order valence-corrected chi connectivity index (χ3v) is 5.20. The summed E-state index contributed by atoms with van der Waals surface area (Å²) in [6.07, 6.45) is -5.59. The van der Waals surface area contributed by atoms with Crippen LogP contribution in [0.15, 0.2) is 36.4 Å². The molecule has 0 amide bonds. The molecule has 5 nitrogen and oxygen atoms in total. The van der Waals surface area contributed by atoms with Gasteiger partial charge in [0.2, 0.25) is 0 Å². The third kappa shape index (κ3) is 6.63. The Morgan fingerprint density at radius 1 is 1.23 bits per heavy atom. The number of para-hydroxylation sites is 1. The zero-order valence-corrected chi connectivity index (χ0v) is 18.3. The van der Waals surface area contributed by atoms with E-state index in [-0.39, 0.29) is 65.6 Å².